The van der Waals surface area contributed by atoms with Crippen molar-refractivity contribution >= 4 is 23.2 Å². The molecule has 0 radical (unpaired) electrons. The van der Waals surface area contributed by atoms with Gasteiger partial charge in [0.25, 0.3) is 0 Å². The standard InChI is InChI=1S/C16H23N3O2/c1-4-16(7-8-17-10-16)15(21)19-14-9-13(18-12(3)20)6-5-11(14)2/h5-6,9,17H,4,7-8,10H2,1-3H3,(H,18,20)(H,19,21). The number of hydrogen-bond acceptors (Lipinski definition) is 3. The molecule has 21 heavy (non-hydrogen) atoms. The molecule has 1 aromatic rings. The lowest BCUT2D eigenvalue weighted by Crippen LogP contribution is -2.37. The van der Waals surface area contributed by atoms with Gasteiger partial charge in [-0.05, 0) is 44.0 Å². The molecule has 1 aromatic carbocycles. The van der Waals surface area contributed by atoms with Crippen LogP contribution < -0.4 is 16.0 Å². The summed E-state index contributed by atoms with van der Waals surface area (Å²) in [5.74, 6) is -0.0702. The van der Waals surface area contributed by atoms with E-state index in [0.717, 1.165) is 37.2 Å². The maximum atomic E-state index is 12.6. The Kier molecular flexibility index (Phi) is 4.63. The van der Waals surface area contributed by atoms with Crippen LogP contribution in [0.25, 0.3) is 0 Å². The van der Waals surface area contributed by atoms with E-state index < -0.39 is 0 Å². The Morgan fingerprint density at radius 3 is 2.67 bits per heavy atom. The van der Waals surface area contributed by atoms with Gasteiger partial charge in [0.05, 0.1) is 5.41 Å². The predicted octanol–water partition coefficient (Wildman–Crippen LogP) is 2.28. The fourth-order valence-electron chi connectivity index (χ4n) is 2.69. The molecule has 0 saturated carbocycles. The van der Waals surface area contributed by atoms with Crippen LogP contribution >= 0.6 is 0 Å². The van der Waals surface area contributed by atoms with Crippen molar-refractivity contribution in [1.29, 1.82) is 0 Å². The van der Waals surface area contributed by atoms with Crippen molar-refractivity contribution in [2.24, 2.45) is 5.41 Å². The molecule has 1 aliphatic rings. The summed E-state index contributed by atoms with van der Waals surface area (Å²) in [7, 11) is 0. The number of aryl methyl sites for hydroxylation is 1. The zero-order valence-electron chi connectivity index (χ0n) is 12.9. The van der Waals surface area contributed by atoms with Gasteiger partial charge in [0.1, 0.15) is 0 Å². The van der Waals surface area contributed by atoms with Crippen LogP contribution in [0.3, 0.4) is 0 Å². The van der Waals surface area contributed by atoms with E-state index in [-0.39, 0.29) is 17.2 Å². The Balaban J connectivity index is 2.18. The number of carbonyl (C=O) groups excluding carboxylic acids is 2. The largest absolute Gasteiger partial charge is 0.326 e. The van der Waals surface area contributed by atoms with Crippen LogP contribution in [0.5, 0.6) is 0 Å². The van der Waals surface area contributed by atoms with E-state index in [1.807, 2.05) is 26.0 Å². The van der Waals surface area contributed by atoms with E-state index in [4.69, 9.17) is 0 Å². The highest BCUT2D eigenvalue weighted by Gasteiger charge is 2.39. The second-order valence-electron chi connectivity index (χ2n) is 5.73. The highest BCUT2D eigenvalue weighted by molar-refractivity contribution is 5.97. The molecule has 0 aromatic heterocycles. The molecule has 2 amide bonds. The molecule has 2 rings (SSSR count). The Morgan fingerprint density at radius 1 is 1.33 bits per heavy atom. The topological polar surface area (TPSA) is 70.2 Å². The fraction of sp³-hybridized carbons (Fsp3) is 0.500. The summed E-state index contributed by atoms with van der Waals surface area (Å²) in [6, 6.07) is 5.53. The molecule has 5 nitrogen and oxygen atoms in total. The van der Waals surface area contributed by atoms with Gasteiger partial charge in [-0.15, -0.1) is 0 Å². The number of nitrogens with one attached hydrogen (secondary N) is 3. The van der Waals surface area contributed by atoms with Crippen LogP contribution in [-0.2, 0) is 9.59 Å². The van der Waals surface area contributed by atoms with E-state index >= 15 is 0 Å². The summed E-state index contributed by atoms with van der Waals surface area (Å²) in [5.41, 5.74) is 2.11. The highest BCUT2D eigenvalue weighted by Crippen LogP contribution is 2.32. The highest BCUT2D eigenvalue weighted by atomic mass is 16.2. The third-order valence-electron chi connectivity index (χ3n) is 4.21. The third-order valence-corrected chi connectivity index (χ3v) is 4.21. The SMILES string of the molecule is CCC1(C(=O)Nc2cc(NC(C)=O)ccc2C)CCNC1. The lowest BCUT2D eigenvalue weighted by Gasteiger charge is -2.25. The molecule has 3 N–H and O–H groups in total. The fourth-order valence-corrected chi connectivity index (χ4v) is 2.69. The lowest BCUT2D eigenvalue weighted by molar-refractivity contribution is -0.124. The smallest absolute Gasteiger partial charge is 0.231 e. The van der Waals surface area contributed by atoms with Gasteiger partial charge in [0, 0.05) is 24.8 Å². The molecule has 0 aliphatic carbocycles. The number of benzene rings is 1. The molecule has 1 heterocycles. The molecule has 1 unspecified atom stereocenters. The van der Waals surface area contributed by atoms with Crippen LogP contribution in [0, 0.1) is 12.3 Å². The minimum Gasteiger partial charge on any atom is -0.326 e. The van der Waals surface area contributed by atoms with Crippen molar-refractivity contribution in [2.45, 2.75) is 33.6 Å². The average molecular weight is 289 g/mol. The summed E-state index contributed by atoms with van der Waals surface area (Å²) in [4.78, 5) is 23.7. The summed E-state index contributed by atoms with van der Waals surface area (Å²) in [5, 5.41) is 9.03. The van der Waals surface area contributed by atoms with Crippen LogP contribution in [0.15, 0.2) is 18.2 Å². The normalized spacial score (nSPS) is 21.1. The molecule has 114 valence electrons. The number of carbonyl (C=O) groups is 2. The van der Waals surface area contributed by atoms with Crippen LogP contribution in [0.1, 0.15) is 32.3 Å². The summed E-state index contributed by atoms with van der Waals surface area (Å²) in [6.07, 6.45) is 1.68. The minimum absolute atomic E-state index is 0.0538. The van der Waals surface area contributed by atoms with Crippen molar-refractivity contribution in [3.05, 3.63) is 23.8 Å². The van der Waals surface area contributed by atoms with Gasteiger partial charge < -0.3 is 16.0 Å². The third kappa shape index (κ3) is 3.42. The van der Waals surface area contributed by atoms with Crippen LogP contribution in [0.2, 0.25) is 0 Å². The molecular formula is C16H23N3O2. The summed E-state index contributed by atoms with van der Waals surface area (Å²) < 4.78 is 0. The van der Waals surface area contributed by atoms with Crippen molar-refractivity contribution in [1.82, 2.24) is 5.32 Å². The molecule has 1 saturated heterocycles. The van der Waals surface area contributed by atoms with Gasteiger partial charge in [0.2, 0.25) is 11.8 Å². The average Bonchev–Trinajstić information content (AvgIpc) is 2.92. The predicted molar refractivity (Wildman–Crippen MR) is 84.3 cm³/mol. The summed E-state index contributed by atoms with van der Waals surface area (Å²) >= 11 is 0. The van der Waals surface area contributed by atoms with Gasteiger partial charge in [-0.2, -0.15) is 0 Å². The minimum atomic E-state index is -0.323. The molecule has 0 spiro atoms. The molecule has 1 atom stereocenters. The number of hydrogen-bond donors (Lipinski definition) is 3. The first-order valence-electron chi connectivity index (χ1n) is 7.37. The number of rotatable bonds is 4. The van der Waals surface area contributed by atoms with Crippen molar-refractivity contribution in [3.8, 4) is 0 Å². The van der Waals surface area contributed by atoms with Crippen molar-refractivity contribution in [2.75, 3.05) is 23.7 Å². The molecular weight excluding hydrogens is 266 g/mol. The second-order valence-corrected chi connectivity index (χ2v) is 5.73. The quantitative estimate of drug-likeness (QED) is 0.796. The van der Waals surface area contributed by atoms with Gasteiger partial charge in [-0.3, -0.25) is 9.59 Å². The molecule has 1 aliphatic heterocycles. The maximum absolute atomic E-state index is 12.6. The first-order valence-corrected chi connectivity index (χ1v) is 7.37. The summed E-state index contributed by atoms with van der Waals surface area (Å²) in [6.45, 7) is 7.06. The molecule has 0 bridgehead atoms. The monoisotopic (exact) mass is 289 g/mol. The van der Waals surface area contributed by atoms with Crippen molar-refractivity contribution in [3.63, 3.8) is 0 Å². The van der Waals surface area contributed by atoms with Crippen LogP contribution in [-0.4, -0.2) is 24.9 Å². The van der Waals surface area contributed by atoms with E-state index in [0.29, 0.717) is 5.69 Å². The second kappa shape index (κ2) is 6.26. The Morgan fingerprint density at radius 2 is 2.10 bits per heavy atom. The van der Waals surface area contributed by atoms with E-state index in [9.17, 15) is 9.59 Å². The maximum Gasteiger partial charge on any atom is 0.231 e. The van der Waals surface area contributed by atoms with E-state index in [1.165, 1.54) is 6.92 Å². The van der Waals surface area contributed by atoms with E-state index in [1.54, 1.807) is 6.07 Å². The Bertz CT molecular complexity index is 548. The van der Waals surface area contributed by atoms with Gasteiger partial charge in [-0.1, -0.05) is 13.0 Å². The number of anilines is 2. The first-order chi connectivity index (χ1) is 9.97. The van der Waals surface area contributed by atoms with E-state index in [2.05, 4.69) is 16.0 Å². The first kappa shape index (κ1) is 15.5. The van der Waals surface area contributed by atoms with Gasteiger partial charge >= 0.3 is 0 Å². The van der Waals surface area contributed by atoms with Crippen molar-refractivity contribution < 1.29 is 9.59 Å². The zero-order valence-corrected chi connectivity index (χ0v) is 12.9. The zero-order chi connectivity index (χ0) is 15.5. The lowest BCUT2D eigenvalue weighted by atomic mass is 9.83. The van der Waals surface area contributed by atoms with Crippen LogP contribution in [0.4, 0.5) is 11.4 Å². The molecule has 1 fully saturated rings. The molecule has 5 heteroatoms. The van der Waals surface area contributed by atoms with Gasteiger partial charge in [0.15, 0.2) is 0 Å². The van der Waals surface area contributed by atoms with Gasteiger partial charge in [-0.25, -0.2) is 0 Å². The number of amides is 2. The Labute approximate surface area is 125 Å². The Hall–Kier alpha value is -1.88.